The van der Waals surface area contributed by atoms with Crippen molar-refractivity contribution in [1.82, 2.24) is 4.90 Å². The number of hydrogen-bond acceptors (Lipinski definition) is 5. The summed E-state index contributed by atoms with van der Waals surface area (Å²) in [5.41, 5.74) is 1.95. The Hall–Kier alpha value is -1.95. The van der Waals surface area contributed by atoms with Gasteiger partial charge in [-0.1, -0.05) is 13.3 Å². The molecule has 138 valence electrons. The minimum Gasteiger partial charge on any atom is -0.504 e. The van der Waals surface area contributed by atoms with E-state index in [1.165, 1.54) is 7.11 Å². The number of carboxylic acid groups (broad SMARTS) is 1. The van der Waals surface area contributed by atoms with Gasteiger partial charge in [0.05, 0.1) is 14.2 Å². The summed E-state index contributed by atoms with van der Waals surface area (Å²) in [6, 6.07) is 2.08. The number of aliphatic carboxylic acids is 1. The number of benzene rings is 1. The average molecular weight is 349 g/mol. The monoisotopic (exact) mass is 349 g/mol. The Kier molecular flexibility index (Phi) is 5.08. The van der Waals surface area contributed by atoms with E-state index in [2.05, 4.69) is 11.8 Å². The van der Waals surface area contributed by atoms with E-state index in [1.54, 1.807) is 7.11 Å². The van der Waals surface area contributed by atoms with Crippen LogP contribution in [0.25, 0.3) is 0 Å². The standard InChI is InChI=1S/C19H27NO5/c1-4-11-10-20-6-5-13-14(15(20)7-12(11)8-17(21)22)9-16(24-2)19(25-3)18(13)23/h9,11-12,15,23H,4-8,10H2,1-3H3,(H,21,22)/t11-,12+,15-/m0/s1. The van der Waals surface area contributed by atoms with E-state index in [-0.39, 0.29) is 24.1 Å². The SMILES string of the molecule is CC[C@H]1CN2CCc3c(cc(OC)c(OC)c3O)[C@@H]2C[C@@H]1CC(=O)O. The van der Waals surface area contributed by atoms with E-state index < -0.39 is 5.97 Å². The number of aromatic hydroxyl groups is 1. The predicted octanol–water partition coefficient (Wildman–Crippen LogP) is 2.83. The van der Waals surface area contributed by atoms with Gasteiger partial charge in [0.1, 0.15) is 0 Å². The Morgan fingerprint density at radius 2 is 2.08 bits per heavy atom. The smallest absolute Gasteiger partial charge is 0.303 e. The lowest BCUT2D eigenvalue weighted by Crippen LogP contribution is -2.46. The van der Waals surface area contributed by atoms with Gasteiger partial charge in [-0.2, -0.15) is 0 Å². The molecule has 0 spiro atoms. The Morgan fingerprint density at radius 3 is 2.68 bits per heavy atom. The fourth-order valence-corrected chi connectivity index (χ4v) is 4.56. The van der Waals surface area contributed by atoms with Crippen molar-refractivity contribution in [2.24, 2.45) is 11.8 Å². The molecule has 2 aliphatic rings. The van der Waals surface area contributed by atoms with Gasteiger partial charge >= 0.3 is 5.97 Å². The third kappa shape index (κ3) is 3.15. The molecule has 1 aromatic carbocycles. The van der Waals surface area contributed by atoms with Gasteiger partial charge in [0.25, 0.3) is 0 Å². The van der Waals surface area contributed by atoms with Gasteiger partial charge in [0, 0.05) is 31.1 Å². The summed E-state index contributed by atoms with van der Waals surface area (Å²) in [7, 11) is 3.08. The Labute approximate surface area is 148 Å². The van der Waals surface area contributed by atoms with E-state index in [4.69, 9.17) is 9.47 Å². The zero-order valence-electron chi connectivity index (χ0n) is 15.1. The lowest BCUT2D eigenvalue weighted by atomic mass is 9.74. The molecule has 0 aliphatic carbocycles. The Balaban J connectivity index is 1.99. The highest BCUT2D eigenvalue weighted by atomic mass is 16.5. The first-order chi connectivity index (χ1) is 12.0. The predicted molar refractivity (Wildman–Crippen MR) is 93.4 cm³/mol. The summed E-state index contributed by atoms with van der Waals surface area (Å²) in [4.78, 5) is 13.7. The molecule has 1 fully saturated rings. The number of carboxylic acids is 1. The summed E-state index contributed by atoms with van der Waals surface area (Å²) in [6.45, 7) is 3.92. The van der Waals surface area contributed by atoms with Gasteiger partial charge in [-0.15, -0.1) is 0 Å². The Morgan fingerprint density at radius 1 is 1.32 bits per heavy atom. The van der Waals surface area contributed by atoms with Crippen molar-refractivity contribution in [3.8, 4) is 17.2 Å². The van der Waals surface area contributed by atoms with Gasteiger partial charge in [0.15, 0.2) is 11.5 Å². The lowest BCUT2D eigenvalue weighted by molar-refractivity contribution is -0.139. The number of methoxy groups -OCH3 is 2. The van der Waals surface area contributed by atoms with Crippen molar-refractivity contribution in [2.45, 2.75) is 38.6 Å². The maximum Gasteiger partial charge on any atom is 0.303 e. The topological polar surface area (TPSA) is 79.2 Å². The third-order valence-corrected chi connectivity index (χ3v) is 5.86. The van der Waals surface area contributed by atoms with E-state index in [0.29, 0.717) is 17.4 Å². The molecule has 0 aromatic heterocycles. The summed E-state index contributed by atoms with van der Waals surface area (Å²) >= 11 is 0. The molecular weight excluding hydrogens is 322 g/mol. The molecule has 0 amide bonds. The highest BCUT2D eigenvalue weighted by Crippen LogP contribution is 2.50. The molecule has 2 heterocycles. The van der Waals surface area contributed by atoms with Crippen LogP contribution in [-0.4, -0.2) is 48.4 Å². The third-order valence-electron chi connectivity index (χ3n) is 5.86. The highest BCUT2D eigenvalue weighted by Gasteiger charge is 2.40. The number of nitrogens with zero attached hydrogens (tertiary/aromatic N) is 1. The van der Waals surface area contributed by atoms with Crippen molar-refractivity contribution >= 4 is 5.97 Å². The number of hydrogen-bond donors (Lipinski definition) is 2. The minimum atomic E-state index is -0.733. The first-order valence-corrected chi connectivity index (χ1v) is 8.92. The second-order valence-electron chi connectivity index (χ2n) is 7.05. The van der Waals surface area contributed by atoms with Crippen LogP contribution >= 0.6 is 0 Å². The van der Waals surface area contributed by atoms with E-state index in [9.17, 15) is 15.0 Å². The van der Waals surface area contributed by atoms with Crippen LogP contribution < -0.4 is 9.47 Å². The van der Waals surface area contributed by atoms with Crippen LogP contribution in [0.15, 0.2) is 6.07 Å². The van der Waals surface area contributed by atoms with Crippen molar-refractivity contribution in [3.63, 3.8) is 0 Å². The van der Waals surface area contributed by atoms with Gasteiger partial charge in [-0.05, 0) is 36.3 Å². The number of phenols is 1. The van der Waals surface area contributed by atoms with Crippen LogP contribution in [-0.2, 0) is 11.2 Å². The van der Waals surface area contributed by atoms with Crippen molar-refractivity contribution in [3.05, 3.63) is 17.2 Å². The van der Waals surface area contributed by atoms with E-state index >= 15 is 0 Å². The molecule has 0 saturated carbocycles. The molecule has 6 nitrogen and oxygen atoms in total. The number of carbonyl (C=O) groups is 1. The zero-order valence-corrected chi connectivity index (χ0v) is 15.1. The second-order valence-corrected chi connectivity index (χ2v) is 7.05. The molecule has 0 radical (unpaired) electrons. The van der Waals surface area contributed by atoms with Crippen LogP contribution in [0.1, 0.15) is 43.4 Å². The van der Waals surface area contributed by atoms with Crippen molar-refractivity contribution in [1.29, 1.82) is 0 Å². The maximum absolute atomic E-state index is 11.3. The van der Waals surface area contributed by atoms with E-state index in [1.807, 2.05) is 6.07 Å². The quantitative estimate of drug-likeness (QED) is 0.851. The molecule has 6 heteroatoms. The van der Waals surface area contributed by atoms with Gasteiger partial charge < -0.3 is 19.7 Å². The minimum absolute atomic E-state index is 0.126. The summed E-state index contributed by atoms with van der Waals surface area (Å²) in [6.07, 6.45) is 2.76. The van der Waals surface area contributed by atoms with Crippen LogP contribution in [0.5, 0.6) is 17.2 Å². The molecule has 1 aromatic rings. The number of rotatable bonds is 5. The number of phenolic OH excluding ortho intramolecular Hbond substituents is 1. The number of ether oxygens (including phenoxy) is 2. The number of fused-ring (bicyclic) bond motifs is 3. The van der Waals surface area contributed by atoms with Gasteiger partial charge in [0.2, 0.25) is 5.75 Å². The second kappa shape index (κ2) is 7.12. The highest BCUT2D eigenvalue weighted by molar-refractivity contribution is 5.67. The molecule has 3 atom stereocenters. The molecule has 0 unspecified atom stereocenters. The molecule has 0 bridgehead atoms. The molecule has 2 N–H and O–H groups in total. The fourth-order valence-electron chi connectivity index (χ4n) is 4.56. The maximum atomic E-state index is 11.3. The number of piperidine rings is 1. The van der Waals surface area contributed by atoms with Gasteiger partial charge in [-0.25, -0.2) is 0 Å². The van der Waals surface area contributed by atoms with Crippen LogP contribution in [0, 0.1) is 11.8 Å². The molecule has 3 rings (SSSR count). The molecule has 2 aliphatic heterocycles. The Bertz CT molecular complexity index is 660. The summed E-state index contributed by atoms with van der Waals surface area (Å²) in [5, 5.41) is 19.9. The molecule has 1 saturated heterocycles. The van der Waals surface area contributed by atoms with Crippen LogP contribution in [0.2, 0.25) is 0 Å². The average Bonchev–Trinajstić information content (AvgIpc) is 2.60. The van der Waals surface area contributed by atoms with E-state index in [0.717, 1.165) is 43.5 Å². The molecular formula is C19H27NO5. The summed E-state index contributed by atoms with van der Waals surface area (Å²) < 4.78 is 10.7. The summed E-state index contributed by atoms with van der Waals surface area (Å²) in [5.74, 6) is 0.881. The van der Waals surface area contributed by atoms with Crippen LogP contribution in [0.4, 0.5) is 0 Å². The fraction of sp³-hybridized carbons (Fsp3) is 0.632. The zero-order chi connectivity index (χ0) is 18.1. The lowest BCUT2D eigenvalue weighted by Gasteiger charge is -2.47. The van der Waals surface area contributed by atoms with Crippen LogP contribution in [0.3, 0.4) is 0 Å². The van der Waals surface area contributed by atoms with Crippen molar-refractivity contribution < 1.29 is 24.5 Å². The largest absolute Gasteiger partial charge is 0.504 e. The van der Waals surface area contributed by atoms with Gasteiger partial charge in [-0.3, -0.25) is 9.69 Å². The molecule has 25 heavy (non-hydrogen) atoms. The first-order valence-electron chi connectivity index (χ1n) is 8.92. The first kappa shape index (κ1) is 17.9. The normalized spacial score (nSPS) is 25.8. The van der Waals surface area contributed by atoms with Crippen molar-refractivity contribution in [2.75, 3.05) is 27.3 Å².